The molecule has 0 fully saturated rings. The average Bonchev–Trinajstić information content (AvgIpc) is 2.32. The van der Waals surface area contributed by atoms with Crippen molar-refractivity contribution in [2.45, 2.75) is 24.9 Å². The molecular formula is C11H6ClF7O2. The number of esters is 1. The molecule has 1 aromatic rings. The molecule has 0 aromatic heterocycles. The molecule has 0 heterocycles. The number of alkyl halides is 7. The van der Waals surface area contributed by atoms with Crippen LogP contribution in [0.4, 0.5) is 30.7 Å². The van der Waals surface area contributed by atoms with Gasteiger partial charge in [-0.25, -0.2) is 4.79 Å². The second kappa shape index (κ2) is 5.36. The van der Waals surface area contributed by atoms with Crippen molar-refractivity contribution in [1.29, 1.82) is 0 Å². The predicted molar refractivity (Wildman–Crippen MR) is 57.8 cm³/mol. The van der Waals surface area contributed by atoms with Crippen molar-refractivity contribution in [1.82, 2.24) is 0 Å². The Bertz CT molecular complexity index is 554. The van der Waals surface area contributed by atoms with Crippen LogP contribution in [0.3, 0.4) is 0 Å². The normalized spacial score (nSPS) is 13.2. The fourth-order valence-electron chi connectivity index (χ4n) is 1.16. The second-order valence-electron chi connectivity index (χ2n) is 3.95. The van der Waals surface area contributed by atoms with E-state index in [1.807, 2.05) is 0 Å². The number of carbonyl (C=O) groups excluding carboxylic acids is 1. The van der Waals surface area contributed by atoms with Crippen LogP contribution in [0.15, 0.2) is 18.2 Å². The highest BCUT2D eigenvalue weighted by Gasteiger charge is 2.77. The van der Waals surface area contributed by atoms with Gasteiger partial charge in [0.15, 0.2) is 0 Å². The van der Waals surface area contributed by atoms with Gasteiger partial charge in [-0.2, -0.15) is 30.7 Å². The monoisotopic (exact) mass is 338 g/mol. The molecule has 0 saturated carbocycles. The van der Waals surface area contributed by atoms with Crippen LogP contribution in [0.2, 0.25) is 5.02 Å². The fourth-order valence-corrected chi connectivity index (χ4v) is 1.28. The Labute approximate surface area is 118 Å². The molecular weight excluding hydrogens is 333 g/mol. The van der Waals surface area contributed by atoms with Gasteiger partial charge < -0.3 is 4.74 Å². The molecule has 118 valence electrons. The number of rotatable bonds is 3. The molecule has 10 heteroatoms. The number of carbonyl (C=O) groups is 1. The van der Waals surface area contributed by atoms with Gasteiger partial charge in [0.25, 0.3) is 0 Å². The van der Waals surface area contributed by atoms with Gasteiger partial charge in [-0.1, -0.05) is 11.6 Å². The number of ether oxygens (including phenoxy) is 1. The van der Waals surface area contributed by atoms with E-state index in [-0.39, 0.29) is 10.6 Å². The van der Waals surface area contributed by atoms with Crippen LogP contribution in [-0.4, -0.2) is 24.0 Å². The Kier molecular flexibility index (Phi) is 4.48. The fraction of sp³-hybridized carbons (Fsp3) is 0.364. The molecule has 2 nitrogen and oxygen atoms in total. The van der Waals surface area contributed by atoms with E-state index >= 15 is 0 Å². The molecule has 21 heavy (non-hydrogen) atoms. The van der Waals surface area contributed by atoms with Crippen molar-refractivity contribution in [3.05, 3.63) is 28.8 Å². The highest BCUT2D eigenvalue weighted by atomic mass is 35.5. The predicted octanol–water partition coefficient (Wildman–Crippen LogP) is 4.39. The first-order valence-corrected chi connectivity index (χ1v) is 5.49. The second-order valence-corrected chi connectivity index (χ2v) is 4.35. The molecule has 0 bridgehead atoms. The van der Waals surface area contributed by atoms with Crippen molar-refractivity contribution in [3.63, 3.8) is 0 Å². The number of halogens is 8. The average molecular weight is 339 g/mol. The molecule has 0 radical (unpaired) electrons. The molecule has 0 saturated heterocycles. The van der Waals surface area contributed by atoms with E-state index in [0.717, 1.165) is 18.2 Å². The Hall–Kier alpha value is -1.51. The summed E-state index contributed by atoms with van der Waals surface area (Å²) in [5.41, 5.74) is 0.243. The number of benzene rings is 1. The number of aryl methyl sites for hydroxylation is 1. The van der Waals surface area contributed by atoms with E-state index in [1.165, 1.54) is 6.92 Å². The zero-order valence-electron chi connectivity index (χ0n) is 10.1. The lowest BCUT2D eigenvalue weighted by molar-refractivity contribution is -0.346. The molecule has 0 aliphatic rings. The zero-order chi connectivity index (χ0) is 16.6. The summed E-state index contributed by atoms with van der Waals surface area (Å²) in [6, 6.07) is 2.90. The summed E-state index contributed by atoms with van der Waals surface area (Å²) in [5, 5.41) is 0.155. The van der Waals surface area contributed by atoms with Crippen molar-refractivity contribution in [3.8, 4) is 5.75 Å². The Morgan fingerprint density at radius 2 is 1.62 bits per heavy atom. The van der Waals surface area contributed by atoms with E-state index < -0.39 is 29.7 Å². The third-order valence-electron chi connectivity index (χ3n) is 2.35. The lowest BCUT2D eigenvalue weighted by Gasteiger charge is -2.26. The smallest absolute Gasteiger partial charge is 0.422 e. The molecule has 0 amide bonds. The number of hydrogen-bond acceptors (Lipinski definition) is 2. The van der Waals surface area contributed by atoms with Crippen LogP contribution in [0.5, 0.6) is 5.75 Å². The highest BCUT2D eigenvalue weighted by molar-refractivity contribution is 6.31. The van der Waals surface area contributed by atoms with Crippen LogP contribution in [-0.2, 0) is 4.79 Å². The van der Waals surface area contributed by atoms with Gasteiger partial charge in [-0.15, -0.1) is 0 Å². The quantitative estimate of drug-likeness (QED) is 0.464. The Balaban J connectivity index is 3.04. The van der Waals surface area contributed by atoms with Crippen molar-refractivity contribution in [2.75, 3.05) is 0 Å². The van der Waals surface area contributed by atoms with Gasteiger partial charge in [-0.05, 0) is 30.7 Å². The summed E-state index contributed by atoms with van der Waals surface area (Å²) in [5.74, 6) is -16.3. The topological polar surface area (TPSA) is 26.3 Å². The minimum Gasteiger partial charge on any atom is -0.422 e. The zero-order valence-corrected chi connectivity index (χ0v) is 10.8. The Morgan fingerprint density at radius 3 is 2.05 bits per heavy atom. The first kappa shape index (κ1) is 17.5. The largest absolute Gasteiger partial charge is 0.460 e. The standard InChI is InChI=1S/C11H6ClF7O2/c1-5-4-6(2-3-7(5)12)21-8(20)9(13,14)10(15,16)11(17,18)19/h2-4H,1H3. The summed E-state index contributed by atoms with van der Waals surface area (Å²) in [6.07, 6.45) is -6.61. The lowest BCUT2D eigenvalue weighted by Crippen LogP contribution is -2.57. The molecule has 0 aliphatic heterocycles. The van der Waals surface area contributed by atoms with Crippen LogP contribution in [0, 0.1) is 6.92 Å². The molecule has 0 atom stereocenters. The van der Waals surface area contributed by atoms with Crippen LogP contribution < -0.4 is 4.74 Å². The highest BCUT2D eigenvalue weighted by Crippen LogP contribution is 2.47. The number of hydrogen-bond donors (Lipinski definition) is 0. The summed E-state index contributed by atoms with van der Waals surface area (Å²) >= 11 is 5.58. The summed E-state index contributed by atoms with van der Waals surface area (Å²) in [7, 11) is 0. The minimum atomic E-state index is -6.61. The molecule has 0 N–H and O–H groups in total. The third-order valence-corrected chi connectivity index (χ3v) is 2.77. The van der Waals surface area contributed by atoms with E-state index in [9.17, 15) is 35.5 Å². The summed E-state index contributed by atoms with van der Waals surface area (Å²) in [4.78, 5) is 10.9. The van der Waals surface area contributed by atoms with Gasteiger partial charge >= 0.3 is 24.0 Å². The molecule has 0 spiro atoms. The van der Waals surface area contributed by atoms with Crippen molar-refractivity contribution in [2.24, 2.45) is 0 Å². The van der Waals surface area contributed by atoms with Gasteiger partial charge in [0, 0.05) is 5.02 Å². The minimum absolute atomic E-state index is 0.155. The van der Waals surface area contributed by atoms with Crippen molar-refractivity contribution < 1.29 is 40.3 Å². The molecule has 1 rings (SSSR count). The SMILES string of the molecule is Cc1cc(OC(=O)C(F)(F)C(F)(F)C(F)(F)F)ccc1Cl. The van der Waals surface area contributed by atoms with Gasteiger partial charge in [0.2, 0.25) is 0 Å². The van der Waals surface area contributed by atoms with E-state index in [2.05, 4.69) is 4.74 Å². The van der Waals surface area contributed by atoms with Gasteiger partial charge in [0.1, 0.15) is 5.75 Å². The van der Waals surface area contributed by atoms with Gasteiger partial charge in [0.05, 0.1) is 0 Å². The van der Waals surface area contributed by atoms with Crippen LogP contribution in [0.25, 0.3) is 0 Å². The first-order valence-electron chi connectivity index (χ1n) is 5.11. The van der Waals surface area contributed by atoms with Crippen LogP contribution in [0.1, 0.15) is 5.56 Å². The summed E-state index contributed by atoms with van der Waals surface area (Å²) < 4.78 is 90.7. The van der Waals surface area contributed by atoms with E-state index in [1.54, 1.807) is 0 Å². The lowest BCUT2D eigenvalue weighted by atomic mass is 10.1. The first-order chi connectivity index (χ1) is 9.30. The Morgan fingerprint density at radius 1 is 1.10 bits per heavy atom. The molecule has 0 unspecified atom stereocenters. The van der Waals surface area contributed by atoms with Crippen LogP contribution >= 0.6 is 11.6 Å². The maximum atomic E-state index is 13.0. The maximum Gasteiger partial charge on any atom is 0.460 e. The van der Waals surface area contributed by atoms with Gasteiger partial charge in [-0.3, -0.25) is 0 Å². The molecule has 1 aromatic carbocycles. The molecule has 0 aliphatic carbocycles. The van der Waals surface area contributed by atoms with E-state index in [4.69, 9.17) is 11.6 Å². The maximum absolute atomic E-state index is 13.0. The van der Waals surface area contributed by atoms with E-state index in [0.29, 0.717) is 0 Å². The summed E-state index contributed by atoms with van der Waals surface area (Å²) in [6.45, 7) is 1.38. The third kappa shape index (κ3) is 3.22. The van der Waals surface area contributed by atoms with Crippen molar-refractivity contribution >= 4 is 17.6 Å².